The van der Waals surface area contributed by atoms with Crippen molar-refractivity contribution in [1.29, 1.82) is 0 Å². The Balaban J connectivity index is 2.42. The van der Waals surface area contributed by atoms with Crippen LogP contribution in [-0.2, 0) is 4.74 Å². The van der Waals surface area contributed by atoms with Crippen LogP contribution in [0.2, 0.25) is 5.02 Å². The highest BCUT2D eigenvalue weighted by atomic mass is 35.5. The van der Waals surface area contributed by atoms with Crippen LogP contribution in [0.3, 0.4) is 0 Å². The third kappa shape index (κ3) is 5.07. The molecule has 1 rings (SSSR count). The van der Waals surface area contributed by atoms with Crippen LogP contribution in [0.1, 0.15) is 38.8 Å². The SMILES string of the molecule is COC(C)(C)CCNC(C)c1cccc(Cl)c1. The third-order valence-electron chi connectivity index (χ3n) is 3.08. The number of hydrogen-bond acceptors (Lipinski definition) is 2. The van der Waals surface area contributed by atoms with Crippen molar-refractivity contribution in [3.05, 3.63) is 34.9 Å². The number of rotatable bonds is 6. The van der Waals surface area contributed by atoms with Crippen LogP contribution < -0.4 is 5.32 Å². The number of benzene rings is 1. The van der Waals surface area contributed by atoms with Crippen LogP contribution >= 0.6 is 11.6 Å². The molecule has 0 spiro atoms. The van der Waals surface area contributed by atoms with E-state index in [0.717, 1.165) is 18.0 Å². The molecule has 96 valence electrons. The highest BCUT2D eigenvalue weighted by Crippen LogP contribution is 2.18. The minimum atomic E-state index is -0.0684. The van der Waals surface area contributed by atoms with Gasteiger partial charge in [-0.2, -0.15) is 0 Å². The van der Waals surface area contributed by atoms with E-state index in [1.54, 1.807) is 7.11 Å². The zero-order valence-corrected chi connectivity index (χ0v) is 11.8. The molecule has 0 amide bonds. The average Bonchev–Trinajstić information content (AvgIpc) is 2.28. The number of hydrogen-bond donors (Lipinski definition) is 1. The van der Waals surface area contributed by atoms with E-state index in [4.69, 9.17) is 16.3 Å². The van der Waals surface area contributed by atoms with E-state index in [1.165, 1.54) is 5.56 Å². The molecule has 0 aliphatic heterocycles. The second kappa shape index (κ2) is 6.39. The Kier molecular flexibility index (Phi) is 5.44. The molecule has 1 atom stereocenters. The minimum absolute atomic E-state index is 0.0684. The molecule has 0 saturated heterocycles. The lowest BCUT2D eigenvalue weighted by atomic mass is 10.0. The van der Waals surface area contributed by atoms with Gasteiger partial charge in [0.2, 0.25) is 0 Å². The Labute approximate surface area is 109 Å². The van der Waals surface area contributed by atoms with Gasteiger partial charge in [-0.3, -0.25) is 0 Å². The van der Waals surface area contributed by atoms with Crippen LogP contribution in [0, 0.1) is 0 Å². The van der Waals surface area contributed by atoms with Gasteiger partial charge in [0.25, 0.3) is 0 Å². The van der Waals surface area contributed by atoms with Crippen molar-refractivity contribution >= 4 is 11.6 Å². The van der Waals surface area contributed by atoms with Crippen LogP contribution in [0.4, 0.5) is 0 Å². The average molecular weight is 256 g/mol. The van der Waals surface area contributed by atoms with E-state index in [1.807, 2.05) is 18.2 Å². The number of nitrogens with one attached hydrogen (secondary N) is 1. The molecular formula is C14H22ClNO. The molecule has 1 unspecified atom stereocenters. The molecule has 1 aromatic carbocycles. The second-order valence-electron chi connectivity index (χ2n) is 4.94. The Morgan fingerprint density at radius 1 is 1.41 bits per heavy atom. The van der Waals surface area contributed by atoms with Crippen LogP contribution in [0.15, 0.2) is 24.3 Å². The third-order valence-corrected chi connectivity index (χ3v) is 3.31. The molecule has 0 fully saturated rings. The summed E-state index contributed by atoms with van der Waals surface area (Å²) in [5.74, 6) is 0. The van der Waals surface area contributed by atoms with Gasteiger partial charge in [-0.15, -0.1) is 0 Å². The van der Waals surface area contributed by atoms with E-state index >= 15 is 0 Å². The Morgan fingerprint density at radius 2 is 2.12 bits per heavy atom. The maximum atomic E-state index is 5.97. The molecule has 0 radical (unpaired) electrons. The zero-order chi connectivity index (χ0) is 12.9. The summed E-state index contributed by atoms with van der Waals surface area (Å²) in [6, 6.07) is 8.27. The van der Waals surface area contributed by atoms with Gasteiger partial charge < -0.3 is 10.1 Å². The van der Waals surface area contributed by atoms with Crippen LogP contribution in [0.5, 0.6) is 0 Å². The molecule has 1 aromatic rings. The molecule has 0 heterocycles. The molecule has 3 heteroatoms. The van der Waals surface area contributed by atoms with Crippen LogP contribution in [-0.4, -0.2) is 19.3 Å². The van der Waals surface area contributed by atoms with E-state index in [-0.39, 0.29) is 5.60 Å². The topological polar surface area (TPSA) is 21.3 Å². The van der Waals surface area contributed by atoms with Gasteiger partial charge in [-0.05, 0) is 51.4 Å². The van der Waals surface area contributed by atoms with E-state index in [9.17, 15) is 0 Å². The van der Waals surface area contributed by atoms with Crippen molar-refractivity contribution in [3.8, 4) is 0 Å². The molecule has 0 aliphatic rings. The maximum Gasteiger partial charge on any atom is 0.0634 e. The summed E-state index contributed by atoms with van der Waals surface area (Å²) < 4.78 is 5.38. The lowest BCUT2D eigenvalue weighted by Crippen LogP contribution is -2.30. The normalized spacial score (nSPS) is 13.7. The molecule has 2 nitrogen and oxygen atoms in total. The number of methoxy groups -OCH3 is 1. The van der Waals surface area contributed by atoms with Gasteiger partial charge >= 0.3 is 0 Å². The van der Waals surface area contributed by atoms with E-state index < -0.39 is 0 Å². The number of ether oxygens (including phenoxy) is 1. The van der Waals surface area contributed by atoms with E-state index in [0.29, 0.717) is 6.04 Å². The fourth-order valence-electron chi connectivity index (χ4n) is 1.59. The van der Waals surface area contributed by atoms with Crippen molar-refractivity contribution < 1.29 is 4.74 Å². The molecule has 0 aliphatic carbocycles. The van der Waals surface area contributed by atoms with Crippen molar-refractivity contribution in [2.45, 2.75) is 38.8 Å². The van der Waals surface area contributed by atoms with Gasteiger partial charge in [-0.1, -0.05) is 23.7 Å². The molecular weight excluding hydrogens is 234 g/mol. The quantitative estimate of drug-likeness (QED) is 0.835. The highest BCUT2D eigenvalue weighted by molar-refractivity contribution is 6.30. The summed E-state index contributed by atoms with van der Waals surface area (Å²) in [5.41, 5.74) is 1.15. The van der Waals surface area contributed by atoms with Crippen LogP contribution in [0.25, 0.3) is 0 Å². The van der Waals surface area contributed by atoms with Gasteiger partial charge in [0.05, 0.1) is 5.60 Å². The first-order valence-corrected chi connectivity index (χ1v) is 6.36. The molecule has 0 bridgehead atoms. The molecule has 17 heavy (non-hydrogen) atoms. The van der Waals surface area contributed by atoms with Gasteiger partial charge in [0.1, 0.15) is 0 Å². The summed E-state index contributed by atoms with van der Waals surface area (Å²) in [6.45, 7) is 7.26. The Morgan fingerprint density at radius 3 is 2.71 bits per heavy atom. The number of halogens is 1. The first-order chi connectivity index (χ1) is 7.94. The predicted molar refractivity (Wildman–Crippen MR) is 73.6 cm³/mol. The Bertz CT molecular complexity index is 352. The minimum Gasteiger partial charge on any atom is -0.379 e. The Hall–Kier alpha value is -0.570. The summed E-state index contributed by atoms with van der Waals surface area (Å²) in [4.78, 5) is 0. The zero-order valence-electron chi connectivity index (χ0n) is 11.1. The summed E-state index contributed by atoms with van der Waals surface area (Å²) in [7, 11) is 1.75. The fraction of sp³-hybridized carbons (Fsp3) is 0.571. The highest BCUT2D eigenvalue weighted by Gasteiger charge is 2.16. The van der Waals surface area contributed by atoms with E-state index in [2.05, 4.69) is 32.2 Å². The predicted octanol–water partition coefficient (Wildman–Crippen LogP) is 3.81. The van der Waals surface area contributed by atoms with Gasteiger partial charge in [-0.25, -0.2) is 0 Å². The lowest BCUT2D eigenvalue weighted by Gasteiger charge is -2.24. The smallest absolute Gasteiger partial charge is 0.0634 e. The van der Waals surface area contributed by atoms with Gasteiger partial charge in [0.15, 0.2) is 0 Å². The van der Waals surface area contributed by atoms with Crippen molar-refractivity contribution in [2.75, 3.05) is 13.7 Å². The maximum absolute atomic E-state index is 5.97. The first-order valence-electron chi connectivity index (χ1n) is 5.98. The first kappa shape index (κ1) is 14.5. The van der Waals surface area contributed by atoms with Gasteiger partial charge in [0, 0.05) is 18.2 Å². The van der Waals surface area contributed by atoms with Crippen molar-refractivity contribution in [2.24, 2.45) is 0 Å². The molecule has 0 aromatic heterocycles. The second-order valence-corrected chi connectivity index (χ2v) is 5.38. The standard InChI is InChI=1S/C14H22ClNO/c1-11(12-6-5-7-13(15)10-12)16-9-8-14(2,3)17-4/h5-7,10-11,16H,8-9H2,1-4H3. The monoisotopic (exact) mass is 255 g/mol. The molecule has 0 saturated carbocycles. The molecule has 1 N–H and O–H groups in total. The summed E-state index contributed by atoms with van der Waals surface area (Å²) in [6.07, 6.45) is 0.981. The lowest BCUT2D eigenvalue weighted by molar-refractivity contribution is 0.0154. The van der Waals surface area contributed by atoms with Crippen molar-refractivity contribution in [1.82, 2.24) is 5.32 Å². The summed E-state index contributed by atoms with van der Waals surface area (Å²) >= 11 is 5.97. The van der Waals surface area contributed by atoms with Crippen molar-refractivity contribution in [3.63, 3.8) is 0 Å². The summed E-state index contributed by atoms with van der Waals surface area (Å²) in [5, 5.41) is 4.26. The largest absolute Gasteiger partial charge is 0.379 e. The fourth-order valence-corrected chi connectivity index (χ4v) is 1.78.